The molecule has 2 heterocycles. The van der Waals surface area contributed by atoms with E-state index in [9.17, 15) is 0 Å². The third kappa shape index (κ3) is 3.58. The highest BCUT2D eigenvalue weighted by Gasteiger charge is 2.20. The Morgan fingerprint density at radius 3 is 1.84 bits per heavy atom. The first-order valence-electron chi connectivity index (χ1n) is 15.3. The molecule has 2 aromatic heterocycles. The molecule has 0 spiro atoms. The second-order valence-electron chi connectivity index (χ2n) is 11.7. The maximum atomic E-state index is 6.29. The van der Waals surface area contributed by atoms with Gasteiger partial charge in [0, 0.05) is 27.5 Å². The third-order valence-corrected chi connectivity index (χ3v) is 9.19. The Balaban J connectivity index is 1.24. The summed E-state index contributed by atoms with van der Waals surface area (Å²) in [5, 5.41) is 11.8. The van der Waals surface area contributed by atoms with Gasteiger partial charge in [0.2, 0.25) is 0 Å². The lowest BCUT2D eigenvalue weighted by Gasteiger charge is -2.26. The molecule has 10 rings (SSSR count). The zero-order valence-electron chi connectivity index (χ0n) is 24.2. The van der Waals surface area contributed by atoms with E-state index in [2.05, 4.69) is 132 Å². The Morgan fingerprint density at radius 1 is 0.333 bits per heavy atom. The van der Waals surface area contributed by atoms with Gasteiger partial charge in [-0.05, 0) is 93.0 Å². The van der Waals surface area contributed by atoms with Crippen LogP contribution in [0.5, 0.6) is 0 Å². The molecule has 0 saturated heterocycles. The van der Waals surface area contributed by atoms with Crippen molar-refractivity contribution in [3.05, 3.63) is 152 Å². The van der Waals surface area contributed by atoms with Gasteiger partial charge in [0.1, 0.15) is 22.3 Å². The molecule has 0 saturated carbocycles. The predicted molar refractivity (Wildman–Crippen MR) is 188 cm³/mol. The Morgan fingerprint density at radius 2 is 1.00 bits per heavy atom. The molecule has 0 fully saturated rings. The number of furan rings is 2. The van der Waals surface area contributed by atoms with E-state index in [1.807, 2.05) is 24.3 Å². The molecule has 45 heavy (non-hydrogen) atoms. The number of hydrogen-bond donors (Lipinski definition) is 0. The number of fused-ring (bicyclic) bond motifs is 11. The molecule has 3 nitrogen and oxygen atoms in total. The van der Waals surface area contributed by atoms with Crippen LogP contribution in [0.2, 0.25) is 0 Å². The molecule has 0 N–H and O–H groups in total. The SMILES string of the molecule is c1ccc(N(c2ccc3c(ccc4ccc5cc6oc7ccccc7c6cc5c43)c2)c2cccc3oc4ccccc4c23)cc1. The number of nitrogens with zero attached hydrogens (tertiary/aromatic N) is 1. The standard InChI is InChI=1S/C42H25NO2/c1-2-9-29(10-3-1)43(36-13-8-16-39-42(36)33-12-5-7-15-38(33)44-39)30-21-22-31-27(23-30)19-17-26-18-20-28-24-40-35(25-34(28)41(26)31)32-11-4-6-14-37(32)45-40/h1-25H. The van der Waals surface area contributed by atoms with Gasteiger partial charge in [-0.25, -0.2) is 0 Å². The van der Waals surface area contributed by atoms with Gasteiger partial charge < -0.3 is 13.7 Å². The maximum absolute atomic E-state index is 6.29. The van der Waals surface area contributed by atoms with Crippen LogP contribution in [0.25, 0.3) is 76.2 Å². The zero-order chi connectivity index (χ0) is 29.5. The summed E-state index contributed by atoms with van der Waals surface area (Å²) >= 11 is 0. The topological polar surface area (TPSA) is 29.5 Å². The Labute approximate surface area is 258 Å². The monoisotopic (exact) mass is 575 g/mol. The van der Waals surface area contributed by atoms with Crippen LogP contribution in [0.15, 0.2) is 160 Å². The van der Waals surface area contributed by atoms with Crippen molar-refractivity contribution in [2.45, 2.75) is 0 Å². The normalized spacial score (nSPS) is 12.0. The highest BCUT2D eigenvalue weighted by molar-refractivity contribution is 6.24. The fourth-order valence-corrected chi connectivity index (χ4v) is 7.18. The summed E-state index contributed by atoms with van der Waals surface area (Å²) < 4.78 is 12.5. The predicted octanol–water partition coefficient (Wildman–Crippen LogP) is 12.4. The van der Waals surface area contributed by atoms with Crippen LogP contribution >= 0.6 is 0 Å². The molecule has 0 amide bonds. The lowest BCUT2D eigenvalue weighted by Crippen LogP contribution is -2.10. The van der Waals surface area contributed by atoms with Crippen molar-refractivity contribution >= 4 is 93.3 Å². The van der Waals surface area contributed by atoms with E-state index < -0.39 is 0 Å². The van der Waals surface area contributed by atoms with Gasteiger partial charge in [0.05, 0.1) is 11.1 Å². The van der Waals surface area contributed by atoms with E-state index in [0.717, 1.165) is 60.9 Å². The molecule has 0 atom stereocenters. The van der Waals surface area contributed by atoms with Crippen molar-refractivity contribution in [2.75, 3.05) is 4.90 Å². The second-order valence-corrected chi connectivity index (χ2v) is 11.7. The summed E-state index contributed by atoms with van der Waals surface area (Å²) in [6, 6.07) is 53.7. The molecule has 0 aliphatic heterocycles. The lowest BCUT2D eigenvalue weighted by molar-refractivity contribution is 0.669. The summed E-state index contributed by atoms with van der Waals surface area (Å²) in [7, 11) is 0. The van der Waals surface area contributed by atoms with Crippen molar-refractivity contribution in [1.29, 1.82) is 0 Å². The van der Waals surface area contributed by atoms with Gasteiger partial charge >= 0.3 is 0 Å². The van der Waals surface area contributed by atoms with E-state index in [1.165, 1.54) is 32.3 Å². The second kappa shape index (κ2) is 9.22. The van der Waals surface area contributed by atoms with E-state index in [4.69, 9.17) is 8.83 Å². The first kappa shape index (κ1) is 24.4. The van der Waals surface area contributed by atoms with Crippen LogP contribution in [-0.2, 0) is 0 Å². The summed E-state index contributed by atoms with van der Waals surface area (Å²) in [6.45, 7) is 0. The number of para-hydroxylation sites is 3. The Hall–Kier alpha value is -6.06. The van der Waals surface area contributed by atoms with Crippen LogP contribution in [-0.4, -0.2) is 0 Å². The van der Waals surface area contributed by atoms with Crippen LogP contribution in [0, 0.1) is 0 Å². The maximum Gasteiger partial charge on any atom is 0.137 e. The summed E-state index contributed by atoms with van der Waals surface area (Å²) in [5.41, 5.74) is 6.89. The molecular formula is C42H25NO2. The molecule has 0 unspecified atom stereocenters. The first-order valence-corrected chi connectivity index (χ1v) is 15.3. The average molecular weight is 576 g/mol. The molecule has 3 heteroatoms. The quantitative estimate of drug-likeness (QED) is 0.196. The smallest absolute Gasteiger partial charge is 0.137 e. The molecular weight excluding hydrogens is 550 g/mol. The highest BCUT2D eigenvalue weighted by Crippen LogP contribution is 2.44. The fourth-order valence-electron chi connectivity index (χ4n) is 7.18. The van der Waals surface area contributed by atoms with Crippen molar-refractivity contribution in [2.24, 2.45) is 0 Å². The van der Waals surface area contributed by atoms with Crippen LogP contribution in [0.4, 0.5) is 17.1 Å². The Bertz CT molecular complexity index is 2770. The molecule has 0 radical (unpaired) electrons. The number of benzene rings is 8. The first-order chi connectivity index (χ1) is 22.3. The van der Waals surface area contributed by atoms with Gasteiger partial charge in [0.15, 0.2) is 0 Å². The van der Waals surface area contributed by atoms with Crippen molar-refractivity contribution in [3.63, 3.8) is 0 Å². The number of hydrogen-bond acceptors (Lipinski definition) is 3. The van der Waals surface area contributed by atoms with Gasteiger partial charge in [-0.2, -0.15) is 0 Å². The molecule has 0 aliphatic rings. The summed E-state index contributed by atoms with van der Waals surface area (Å²) in [4.78, 5) is 2.35. The average Bonchev–Trinajstić information content (AvgIpc) is 3.66. The van der Waals surface area contributed by atoms with Crippen molar-refractivity contribution in [1.82, 2.24) is 0 Å². The molecule has 0 aliphatic carbocycles. The van der Waals surface area contributed by atoms with E-state index in [0.29, 0.717) is 0 Å². The zero-order valence-corrected chi connectivity index (χ0v) is 24.2. The van der Waals surface area contributed by atoms with Gasteiger partial charge in [-0.15, -0.1) is 0 Å². The minimum Gasteiger partial charge on any atom is -0.456 e. The minimum absolute atomic E-state index is 0.881. The van der Waals surface area contributed by atoms with Crippen molar-refractivity contribution in [3.8, 4) is 0 Å². The van der Waals surface area contributed by atoms with Crippen LogP contribution < -0.4 is 4.90 Å². The number of anilines is 3. The minimum atomic E-state index is 0.881. The van der Waals surface area contributed by atoms with Gasteiger partial charge in [0.25, 0.3) is 0 Å². The highest BCUT2D eigenvalue weighted by atomic mass is 16.3. The molecule has 10 aromatic rings. The fraction of sp³-hybridized carbons (Fsp3) is 0. The van der Waals surface area contributed by atoms with Crippen LogP contribution in [0.1, 0.15) is 0 Å². The summed E-state index contributed by atoms with van der Waals surface area (Å²) in [6.07, 6.45) is 0. The lowest BCUT2D eigenvalue weighted by atomic mass is 9.95. The van der Waals surface area contributed by atoms with E-state index >= 15 is 0 Å². The number of rotatable bonds is 3. The molecule has 210 valence electrons. The van der Waals surface area contributed by atoms with Gasteiger partial charge in [-0.1, -0.05) is 91.0 Å². The summed E-state index contributed by atoms with van der Waals surface area (Å²) in [5.74, 6) is 0. The van der Waals surface area contributed by atoms with E-state index in [1.54, 1.807) is 0 Å². The van der Waals surface area contributed by atoms with Crippen molar-refractivity contribution < 1.29 is 8.83 Å². The Kier molecular flexibility index (Phi) is 5.00. The molecule has 8 aromatic carbocycles. The van der Waals surface area contributed by atoms with Crippen LogP contribution in [0.3, 0.4) is 0 Å². The molecule has 0 bridgehead atoms. The largest absolute Gasteiger partial charge is 0.456 e. The van der Waals surface area contributed by atoms with E-state index in [-0.39, 0.29) is 0 Å². The third-order valence-electron chi connectivity index (χ3n) is 9.19. The van der Waals surface area contributed by atoms with Gasteiger partial charge in [-0.3, -0.25) is 0 Å².